The lowest BCUT2D eigenvalue weighted by Gasteiger charge is -2.36. The van der Waals surface area contributed by atoms with E-state index < -0.39 is 0 Å². The smallest absolute Gasteiger partial charge is 0.219 e. The molecule has 1 aliphatic carbocycles. The van der Waals surface area contributed by atoms with Gasteiger partial charge in [0.2, 0.25) is 5.91 Å². The van der Waals surface area contributed by atoms with Crippen LogP contribution in [0.4, 0.5) is 0 Å². The van der Waals surface area contributed by atoms with E-state index in [4.69, 9.17) is 4.74 Å². The summed E-state index contributed by atoms with van der Waals surface area (Å²) < 4.78 is 5.38. The Bertz CT molecular complexity index is 182. The number of nitrogens with zero attached hydrogens (tertiary/aromatic N) is 1. The number of hydrogen-bond acceptors (Lipinski definition) is 2. The molecule has 76 valence electrons. The van der Waals surface area contributed by atoms with E-state index >= 15 is 0 Å². The summed E-state index contributed by atoms with van der Waals surface area (Å²) in [6.45, 7) is 1.61. The minimum absolute atomic E-state index is 0.133. The van der Waals surface area contributed by atoms with Crippen molar-refractivity contribution < 1.29 is 9.53 Å². The topological polar surface area (TPSA) is 29.5 Å². The number of carbonyl (C=O) groups is 1. The van der Waals surface area contributed by atoms with Crippen LogP contribution in [0.1, 0.15) is 32.6 Å². The van der Waals surface area contributed by atoms with Crippen LogP contribution >= 0.6 is 0 Å². The van der Waals surface area contributed by atoms with Crippen molar-refractivity contribution in [3.8, 4) is 0 Å². The second-order valence-corrected chi connectivity index (χ2v) is 3.76. The fourth-order valence-corrected chi connectivity index (χ4v) is 2.03. The van der Waals surface area contributed by atoms with Crippen molar-refractivity contribution in [2.75, 3.05) is 14.2 Å². The van der Waals surface area contributed by atoms with Crippen molar-refractivity contribution in [2.24, 2.45) is 0 Å². The molecule has 0 aromatic carbocycles. The first-order chi connectivity index (χ1) is 6.16. The number of likely N-dealkylation sites (N-methyl/N-ethyl adjacent to an activating group) is 1. The number of hydrogen-bond donors (Lipinski definition) is 0. The molecule has 0 heterocycles. The molecular weight excluding hydrogens is 166 g/mol. The molecule has 0 saturated heterocycles. The highest BCUT2D eigenvalue weighted by atomic mass is 16.5. The number of methoxy groups -OCH3 is 1. The van der Waals surface area contributed by atoms with Gasteiger partial charge in [-0.05, 0) is 12.8 Å². The fourth-order valence-electron chi connectivity index (χ4n) is 2.03. The Labute approximate surface area is 80.1 Å². The van der Waals surface area contributed by atoms with Crippen LogP contribution in [-0.2, 0) is 9.53 Å². The monoisotopic (exact) mass is 185 g/mol. The zero-order valence-corrected chi connectivity index (χ0v) is 8.75. The van der Waals surface area contributed by atoms with Gasteiger partial charge >= 0.3 is 0 Å². The molecule has 3 nitrogen and oxygen atoms in total. The lowest BCUT2D eigenvalue weighted by Crippen LogP contribution is -2.46. The van der Waals surface area contributed by atoms with E-state index in [1.807, 2.05) is 11.9 Å². The highest BCUT2D eigenvalue weighted by Gasteiger charge is 2.29. The number of carbonyl (C=O) groups excluding carboxylic acids is 1. The molecule has 0 unspecified atom stereocenters. The quantitative estimate of drug-likeness (QED) is 0.651. The van der Waals surface area contributed by atoms with Gasteiger partial charge in [-0.2, -0.15) is 0 Å². The minimum Gasteiger partial charge on any atom is -0.379 e. The van der Waals surface area contributed by atoms with Crippen molar-refractivity contribution in [1.29, 1.82) is 0 Å². The Morgan fingerprint density at radius 1 is 1.38 bits per heavy atom. The van der Waals surface area contributed by atoms with E-state index in [1.54, 1.807) is 14.0 Å². The van der Waals surface area contributed by atoms with Gasteiger partial charge in [0.05, 0.1) is 12.1 Å². The summed E-state index contributed by atoms with van der Waals surface area (Å²) in [5, 5.41) is 0. The van der Waals surface area contributed by atoms with Gasteiger partial charge in [0.25, 0.3) is 0 Å². The van der Waals surface area contributed by atoms with Crippen molar-refractivity contribution >= 4 is 5.91 Å². The Morgan fingerprint density at radius 2 is 2.00 bits per heavy atom. The van der Waals surface area contributed by atoms with Crippen LogP contribution in [-0.4, -0.2) is 37.1 Å². The van der Waals surface area contributed by atoms with E-state index in [9.17, 15) is 4.79 Å². The van der Waals surface area contributed by atoms with Crippen molar-refractivity contribution in [1.82, 2.24) is 4.90 Å². The second-order valence-electron chi connectivity index (χ2n) is 3.76. The highest BCUT2D eigenvalue weighted by molar-refractivity contribution is 5.73. The van der Waals surface area contributed by atoms with Gasteiger partial charge in [-0.25, -0.2) is 0 Å². The molecule has 1 saturated carbocycles. The van der Waals surface area contributed by atoms with Crippen molar-refractivity contribution in [3.05, 3.63) is 0 Å². The third-order valence-corrected chi connectivity index (χ3v) is 2.96. The maximum Gasteiger partial charge on any atom is 0.219 e. The molecule has 13 heavy (non-hydrogen) atoms. The zero-order valence-electron chi connectivity index (χ0n) is 8.75. The normalized spacial score (nSPS) is 28.5. The van der Waals surface area contributed by atoms with E-state index in [0.717, 1.165) is 12.8 Å². The third kappa shape index (κ3) is 2.44. The summed E-state index contributed by atoms with van der Waals surface area (Å²) in [5.41, 5.74) is 0. The maximum atomic E-state index is 11.2. The Hall–Kier alpha value is -0.570. The summed E-state index contributed by atoms with van der Waals surface area (Å²) in [7, 11) is 3.60. The molecule has 0 radical (unpaired) electrons. The summed E-state index contributed by atoms with van der Waals surface area (Å²) >= 11 is 0. The van der Waals surface area contributed by atoms with Crippen LogP contribution in [0.5, 0.6) is 0 Å². The molecule has 1 fully saturated rings. The highest BCUT2D eigenvalue weighted by Crippen LogP contribution is 2.24. The summed E-state index contributed by atoms with van der Waals surface area (Å²) in [6.07, 6.45) is 4.83. The SMILES string of the molecule is CO[C@@H]1CCCC[C@H]1N(C)C(C)=O. The van der Waals surface area contributed by atoms with Gasteiger partial charge in [0, 0.05) is 21.1 Å². The maximum absolute atomic E-state index is 11.2. The number of rotatable bonds is 2. The molecule has 0 aromatic heterocycles. The molecule has 0 spiro atoms. The molecule has 0 bridgehead atoms. The van der Waals surface area contributed by atoms with Crippen LogP contribution in [0.3, 0.4) is 0 Å². The van der Waals surface area contributed by atoms with Crippen LogP contribution in [0.25, 0.3) is 0 Å². The van der Waals surface area contributed by atoms with Gasteiger partial charge in [0.1, 0.15) is 0 Å². The zero-order chi connectivity index (χ0) is 9.84. The van der Waals surface area contributed by atoms with Gasteiger partial charge in [-0.3, -0.25) is 4.79 Å². The average Bonchev–Trinajstić information content (AvgIpc) is 2.16. The Morgan fingerprint density at radius 3 is 2.54 bits per heavy atom. The first kappa shape index (κ1) is 10.5. The average molecular weight is 185 g/mol. The van der Waals surface area contributed by atoms with Crippen LogP contribution < -0.4 is 0 Å². The molecule has 3 heteroatoms. The van der Waals surface area contributed by atoms with Crippen LogP contribution in [0.2, 0.25) is 0 Å². The molecule has 1 aliphatic rings. The van der Waals surface area contributed by atoms with Gasteiger partial charge in [0.15, 0.2) is 0 Å². The first-order valence-corrected chi connectivity index (χ1v) is 4.93. The molecular formula is C10H19NO2. The lowest BCUT2D eigenvalue weighted by atomic mass is 9.91. The Balaban J connectivity index is 2.58. The number of amides is 1. The fraction of sp³-hybridized carbons (Fsp3) is 0.900. The van der Waals surface area contributed by atoms with E-state index in [0.29, 0.717) is 0 Å². The van der Waals surface area contributed by atoms with Gasteiger partial charge in [-0.1, -0.05) is 12.8 Å². The molecule has 2 atom stereocenters. The largest absolute Gasteiger partial charge is 0.379 e. The van der Waals surface area contributed by atoms with Crippen molar-refractivity contribution in [2.45, 2.75) is 44.8 Å². The molecule has 0 aliphatic heterocycles. The Kier molecular flexibility index (Phi) is 3.72. The summed E-state index contributed by atoms with van der Waals surface area (Å²) in [6, 6.07) is 0.288. The van der Waals surface area contributed by atoms with E-state index in [1.165, 1.54) is 12.8 Å². The summed E-state index contributed by atoms with van der Waals surface area (Å²) in [4.78, 5) is 13.0. The second kappa shape index (κ2) is 4.61. The van der Waals surface area contributed by atoms with Crippen LogP contribution in [0.15, 0.2) is 0 Å². The van der Waals surface area contributed by atoms with Gasteiger partial charge < -0.3 is 9.64 Å². The number of ether oxygens (including phenoxy) is 1. The summed E-state index contributed by atoms with van der Waals surface area (Å²) in [5.74, 6) is 0.133. The van der Waals surface area contributed by atoms with Crippen LogP contribution in [0, 0.1) is 0 Å². The molecule has 1 rings (SSSR count). The van der Waals surface area contributed by atoms with Crippen molar-refractivity contribution in [3.63, 3.8) is 0 Å². The molecule has 1 amide bonds. The minimum atomic E-state index is 0.133. The lowest BCUT2D eigenvalue weighted by molar-refractivity contribution is -0.133. The molecule has 0 aromatic rings. The predicted octanol–water partition coefficient (Wildman–Crippen LogP) is 1.42. The van der Waals surface area contributed by atoms with Gasteiger partial charge in [-0.15, -0.1) is 0 Å². The standard InChI is InChI=1S/C10H19NO2/c1-8(12)11(2)9-6-4-5-7-10(9)13-3/h9-10H,4-7H2,1-3H3/t9-,10-/m1/s1. The first-order valence-electron chi connectivity index (χ1n) is 4.93. The molecule has 0 N–H and O–H groups in total. The van der Waals surface area contributed by atoms with E-state index in [-0.39, 0.29) is 18.1 Å². The third-order valence-electron chi connectivity index (χ3n) is 2.96. The van der Waals surface area contributed by atoms with E-state index in [2.05, 4.69) is 0 Å². The predicted molar refractivity (Wildman–Crippen MR) is 51.5 cm³/mol.